The van der Waals surface area contributed by atoms with Crippen LogP contribution in [0.3, 0.4) is 0 Å². The molecule has 0 unspecified atom stereocenters. The van der Waals surface area contributed by atoms with Crippen LogP contribution in [0.1, 0.15) is 0 Å². The molecule has 3 aromatic rings. The van der Waals surface area contributed by atoms with E-state index in [4.69, 9.17) is 5.73 Å². The van der Waals surface area contributed by atoms with Gasteiger partial charge in [0.15, 0.2) is 11.5 Å². The second-order valence-electron chi connectivity index (χ2n) is 3.94. The molecule has 6 heteroatoms. The summed E-state index contributed by atoms with van der Waals surface area (Å²) in [4.78, 5) is 20.3. The lowest BCUT2D eigenvalue weighted by atomic mass is 10.3. The van der Waals surface area contributed by atoms with Crippen LogP contribution in [0.4, 0.5) is 5.82 Å². The van der Waals surface area contributed by atoms with Crippen LogP contribution in [-0.2, 0) is 7.05 Å². The number of rotatable bonds is 1. The predicted octanol–water partition coefficient (Wildman–Crippen LogP) is 0.701. The number of nitrogens with zero attached hydrogens (tertiary/aromatic N) is 4. The zero-order chi connectivity index (χ0) is 12.7. The van der Waals surface area contributed by atoms with E-state index in [1.165, 1.54) is 15.5 Å². The van der Waals surface area contributed by atoms with Crippen molar-refractivity contribution >= 4 is 17.0 Å². The number of aromatic nitrogens is 4. The fourth-order valence-electron chi connectivity index (χ4n) is 2.00. The van der Waals surface area contributed by atoms with Gasteiger partial charge in [-0.1, -0.05) is 18.2 Å². The van der Waals surface area contributed by atoms with Crippen LogP contribution in [0, 0.1) is 0 Å². The molecule has 0 atom stereocenters. The average molecular weight is 241 g/mol. The molecular weight excluding hydrogens is 230 g/mol. The van der Waals surface area contributed by atoms with E-state index in [-0.39, 0.29) is 5.69 Å². The second-order valence-corrected chi connectivity index (χ2v) is 3.94. The summed E-state index contributed by atoms with van der Waals surface area (Å²) in [7, 11) is 1.66. The van der Waals surface area contributed by atoms with Crippen molar-refractivity contribution in [3.8, 4) is 5.69 Å². The topological polar surface area (TPSA) is 78.7 Å². The molecule has 0 aliphatic heterocycles. The number of benzene rings is 1. The molecule has 3 rings (SSSR count). The molecule has 90 valence electrons. The Morgan fingerprint density at radius 2 is 1.89 bits per heavy atom. The van der Waals surface area contributed by atoms with Crippen LogP contribution in [0.2, 0.25) is 0 Å². The Balaban J connectivity index is 2.50. The van der Waals surface area contributed by atoms with E-state index >= 15 is 0 Å². The fourth-order valence-corrected chi connectivity index (χ4v) is 2.00. The van der Waals surface area contributed by atoms with Crippen molar-refractivity contribution in [1.82, 2.24) is 19.1 Å². The Labute approximate surface area is 102 Å². The maximum atomic E-state index is 12.2. The highest BCUT2D eigenvalue weighted by Crippen LogP contribution is 2.18. The zero-order valence-corrected chi connectivity index (χ0v) is 9.74. The number of nitrogens with two attached hydrogens (primary N) is 1. The zero-order valence-electron chi connectivity index (χ0n) is 9.74. The van der Waals surface area contributed by atoms with E-state index in [0.717, 1.165) is 5.69 Å². The van der Waals surface area contributed by atoms with E-state index in [0.29, 0.717) is 17.0 Å². The van der Waals surface area contributed by atoms with Crippen molar-refractivity contribution < 1.29 is 0 Å². The molecule has 0 aliphatic carbocycles. The van der Waals surface area contributed by atoms with Gasteiger partial charge in [0.2, 0.25) is 0 Å². The lowest BCUT2D eigenvalue weighted by molar-refractivity contribution is 0.838. The number of hydrogen-bond donors (Lipinski definition) is 1. The van der Waals surface area contributed by atoms with Crippen LogP contribution in [-0.4, -0.2) is 19.1 Å². The quantitative estimate of drug-likeness (QED) is 0.680. The summed E-state index contributed by atoms with van der Waals surface area (Å²) in [5.74, 6) is 0.293. The van der Waals surface area contributed by atoms with Crippen molar-refractivity contribution in [3.63, 3.8) is 0 Å². The van der Waals surface area contributed by atoms with Crippen LogP contribution in [0.25, 0.3) is 16.9 Å². The first-order chi connectivity index (χ1) is 8.70. The summed E-state index contributed by atoms with van der Waals surface area (Å²) >= 11 is 0. The number of fused-ring (bicyclic) bond motifs is 1. The third-order valence-corrected chi connectivity index (χ3v) is 2.87. The molecule has 0 saturated carbocycles. The maximum Gasteiger partial charge on any atom is 0.334 e. The molecule has 0 bridgehead atoms. The first-order valence-electron chi connectivity index (χ1n) is 5.43. The standard InChI is InChI=1S/C12H11N5O/c1-16-11-9(10(13)14-7-15-11)17(12(16)18)8-5-3-2-4-6-8/h2-7H,1H3,(H2,13,14,15). The van der Waals surface area contributed by atoms with Crippen molar-refractivity contribution in [3.05, 3.63) is 47.1 Å². The molecule has 0 radical (unpaired) electrons. The lowest BCUT2D eigenvalue weighted by Crippen LogP contribution is -2.20. The summed E-state index contributed by atoms with van der Waals surface area (Å²) < 4.78 is 2.98. The first kappa shape index (κ1) is 10.5. The van der Waals surface area contributed by atoms with Crippen LogP contribution in [0.5, 0.6) is 0 Å². The van der Waals surface area contributed by atoms with Crippen molar-refractivity contribution in [2.75, 3.05) is 5.73 Å². The van der Waals surface area contributed by atoms with E-state index in [2.05, 4.69) is 9.97 Å². The van der Waals surface area contributed by atoms with Gasteiger partial charge in [0.1, 0.15) is 11.8 Å². The largest absolute Gasteiger partial charge is 0.382 e. The molecule has 2 N–H and O–H groups in total. The van der Waals surface area contributed by atoms with Gasteiger partial charge in [0.25, 0.3) is 0 Å². The van der Waals surface area contributed by atoms with Gasteiger partial charge in [0, 0.05) is 7.05 Å². The van der Waals surface area contributed by atoms with Gasteiger partial charge in [0.05, 0.1) is 5.69 Å². The van der Waals surface area contributed by atoms with Gasteiger partial charge < -0.3 is 5.73 Å². The first-order valence-corrected chi connectivity index (χ1v) is 5.43. The number of aryl methyl sites for hydroxylation is 1. The Hall–Kier alpha value is -2.63. The monoisotopic (exact) mass is 241 g/mol. The SMILES string of the molecule is Cn1c(=O)n(-c2ccccc2)c2c(N)ncnc21. The minimum absolute atomic E-state index is 0.191. The highest BCUT2D eigenvalue weighted by Gasteiger charge is 2.15. The third-order valence-electron chi connectivity index (χ3n) is 2.87. The normalized spacial score (nSPS) is 10.9. The number of anilines is 1. The van der Waals surface area contributed by atoms with E-state index in [1.54, 1.807) is 7.05 Å². The van der Waals surface area contributed by atoms with E-state index in [1.807, 2.05) is 30.3 Å². The molecule has 6 nitrogen and oxygen atoms in total. The maximum absolute atomic E-state index is 12.2. The van der Waals surface area contributed by atoms with Crippen LogP contribution >= 0.6 is 0 Å². The molecule has 0 fully saturated rings. The second kappa shape index (κ2) is 3.69. The minimum atomic E-state index is -0.191. The minimum Gasteiger partial charge on any atom is -0.382 e. The molecule has 2 aromatic heterocycles. The van der Waals surface area contributed by atoms with Crippen molar-refractivity contribution in [2.45, 2.75) is 0 Å². The summed E-state index contributed by atoms with van der Waals surface area (Å²) in [6, 6.07) is 9.29. The Kier molecular flexibility index (Phi) is 2.16. The molecule has 0 spiro atoms. The average Bonchev–Trinajstić information content (AvgIpc) is 2.65. The van der Waals surface area contributed by atoms with Crippen LogP contribution < -0.4 is 11.4 Å². The fraction of sp³-hybridized carbons (Fsp3) is 0.0833. The number of hydrogen-bond acceptors (Lipinski definition) is 4. The van der Waals surface area contributed by atoms with Gasteiger partial charge in [-0.15, -0.1) is 0 Å². The highest BCUT2D eigenvalue weighted by atomic mass is 16.1. The predicted molar refractivity (Wildman–Crippen MR) is 68.5 cm³/mol. The molecule has 2 heterocycles. The van der Waals surface area contributed by atoms with Gasteiger partial charge >= 0.3 is 5.69 Å². The van der Waals surface area contributed by atoms with Gasteiger partial charge in [-0.05, 0) is 12.1 Å². The molecular formula is C12H11N5O. The smallest absolute Gasteiger partial charge is 0.334 e. The molecule has 18 heavy (non-hydrogen) atoms. The summed E-state index contributed by atoms with van der Waals surface area (Å²) in [6.07, 6.45) is 1.35. The van der Waals surface area contributed by atoms with Crippen molar-refractivity contribution in [2.24, 2.45) is 7.05 Å². The Morgan fingerprint density at radius 1 is 1.17 bits per heavy atom. The lowest BCUT2D eigenvalue weighted by Gasteiger charge is -2.03. The number of imidazole rings is 1. The molecule has 0 amide bonds. The molecule has 0 aliphatic rings. The highest BCUT2D eigenvalue weighted by molar-refractivity contribution is 5.83. The molecule has 1 aromatic carbocycles. The van der Waals surface area contributed by atoms with Gasteiger partial charge in [-0.2, -0.15) is 0 Å². The third kappa shape index (κ3) is 1.32. The van der Waals surface area contributed by atoms with E-state index in [9.17, 15) is 4.79 Å². The van der Waals surface area contributed by atoms with Gasteiger partial charge in [-0.3, -0.25) is 9.13 Å². The summed E-state index contributed by atoms with van der Waals surface area (Å²) in [5, 5.41) is 0. The summed E-state index contributed by atoms with van der Waals surface area (Å²) in [6.45, 7) is 0. The van der Waals surface area contributed by atoms with Crippen molar-refractivity contribution in [1.29, 1.82) is 0 Å². The Morgan fingerprint density at radius 3 is 2.61 bits per heavy atom. The van der Waals surface area contributed by atoms with Gasteiger partial charge in [-0.25, -0.2) is 14.8 Å². The Bertz CT molecular complexity index is 772. The number of para-hydroxylation sites is 1. The number of nitrogen functional groups attached to an aromatic ring is 1. The molecule has 0 saturated heterocycles. The summed E-state index contributed by atoms with van der Waals surface area (Å²) in [5.41, 5.74) is 7.47. The van der Waals surface area contributed by atoms with E-state index < -0.39 is 0 Å². The van der Waals surface area contributed by atoms with Crippen LogP contribution in [0.15, 0.2) is 41.5 Å².